The monoisotopic (exact) mass is 585 g/mol. The van der Waals surface area contributed by atoms with E-state index in [9.17, 15) is 18.0 Å². The summed E-state index contributed by atoms with van der Waals surface area (Å²) in [6, 6.07) is 22.1. The maximum absolute atomic E-state index is 14.1. The standard InChI is InChI=1S/C30H36ClN3O5S/c1-22(2)19-32-30(36)28(18-23-11-6-5-7-12-23)33(20-24-13-10-14-25(17-24)39-3)29(35)21-34(40(4,37)38)27-16-9-8-15-26(27)31/h5-17,22,28H,18-21H2,1-4H3,(H,32,36)/t28-/m1/s1. The van der Waals surface area contributed by atoms with Crippen LogP contribution in [0.3, 0.4) is 0 Å². The normalized spacial score (nSPS) is 12.1. The number of nitrogens with zero attached hydrogens (tertiary/aromatic N) is 2. The second-order valence-corrected chi connectivity index (χ2v) is 12.3. The molecule has 0 aromatic heterocycles. The third kappa shape index (κ3) is 8.72. The second-order valence-electron chi connectivity index (χ2n) is 9.94. The van der Waals surface area contributed by atoms with Crippen molar-refractivity contribution in [3.05, 3.63) is 95.0 Å². The molecular weight excluding hydrogens is 550 g/mol. The van der Waals surface area contributed by atoms with Gasteiger partial charge in [-0.05, 0) is 41.3 Å². The second kappa shape index (κ2) is 14.2. The number of halogens is 1. The van der Waals surface area contributed by atoms with Gasteiger partial charge in [-0.1, -0.05) is 80.0 Å². The predicted octanol–water partition coefficient (Wildman–Crippen LogP) is 4.53. The van der Waals surface area contributed by atoms with Crippen molar-refractivity contribution in [2.24, 2.45) is 5.92 Å². The molecule has 3 aromatic carbocycles. The lowest BCUT2D eigenvalue weighted by Gasteiger charge is -2.34. The zero-order chi connectivity index (χ0) is 29.3. The molecule has 0 unspecified atom stereocenters. The minimum atomic E-state index is -3.90. The van der Waals surface area contributed by atoms with Crippen LogP contribution in [-0.2, 0) is 32.6 Å². The third-order valence-electron chi connectivity index (χ3n) is 6.24. The Morgan fingerprint density at radius 3 is 2.23 bits per heavy atom. The number of amides is 2. The molecule has 8 nitrogen and oxygen atoms in total. The number of rotatable bonds is 13. The van der Waals surface area contributed by atoms with Gasteiger partial charge in [0.2, 0.25) is 21.8 Å². The first-order chi connectivity index (χ1) is 19.0. The first-order valence-corrected chi connectivity index (χ1v) is 15.2. The first kappa shape index (κ1) is 31.0. The summed E-state index contributed by atoms with van der Waals surface area (Å²) in [4.78, 5) is 29.2. The van der Waals surface area contributed by atoms with E-state index in [1.807, 2.05) is 50.2 Å². The van der Waals surface area contributed by atoms with Crippen molar-refractivity contribution in [2.75, 3.05) is 30.8 Å². The van der Waals surface area contributed by atoms with Gasteiger partial charge in [-0.2, -0.15) is 0 Å². The number of anilines is 1. The number of hydrogen-bond donors (Lipinski definition) is 1. The molecule has 0 aliphatic heterocycles. The van der Waals surface area contributed by atoms with Crippen molar-refractivity contribution in [3.63, 3.8) is 0 Å². The van der Waals surface area contributed by atoms with E-state index in [1.54, 1.807) is 49.6 Å². The van der Waals surface area contributed by atoms with Gasteiger partial charge in [0.15, 0.2) is 0 Å². The number of sulfonamides is 1. The van der Waals surface area contributed by atoms with Crippen LogP contribution < -0.4 is 14.4 Å². The Bertz CT molecular complexity index is 1400. The molecule has 10 heteroatoms. The summed E-state index contributed by atoms with van der Waals surface area (Å²) in [5, 5.41) is 3.15. The molecule has 1 N–H and O–H groups in total. The predicted molar refractivity (Wildman–Crippen MR) is 159 cm³/mol. The van der Waals surface area contributed by atoms with E-state index < -0.39 is 28.5 Å². The molecule has 3 rings (SSSR count). The van der Waals surface area contributed by atoms with Crippen molar-refractivity contribution in [1.29, 1.82) is 0 Å². The number of carbonyl (C=O) groups is 2. The van der Waals surface area contributed by atoms with Gasteiger partial charge in [-0.3, -0.25) is 13.9 Å². The maximum atomic E-state index is 14.1. The van der Waals surface area contributed by atoms with Crippen LogP contribution in [0.2, 0.25) is 5.02 Å². The Balaban J connectivity index is 2.07. The Labute approximate surface area is 241 Å². The number of para-hydroxylation sites is 1. The lowest BCUT2D eigenvalue weighted by atomic mass is 10.0. The van der Waals surface area contributed by atoms with E-state index in [1.165, 1.54) is 4.90 Å². The van der Waals surface area contributed by atoms with Gasteiger partial charge < -0.3 is 15.0 Å². The number of nitrogens with one attached hydrogen (secondary N) is 1. The molecular formula is C30H36ClN3O5S. The fourth-order valence-electron chi connectivity index (χ4n) is 4.19. The largest absolute Gasteiger partial charge is 0.497 e. The molecule has 0 heterocycles. The summed E-state index contributed by atoms with van der Waals surface area (Å²) in [6.07, 6.45) is 1.26. The molecule has 0 fully saturated rings. The number of hydrogen-bond acceptors (Lipinski definition) is 5. The lowest BCUT2D eigenvalue weighted by molar-refractivity contribution is -0.140. The highest BCUT2D eigenvalue weighted by molar-refractivity contribution is 7.92. The molecule has 2 amide bonds. The average molecular weight is 586 g/mol. The Kier molecular flexibility index (Phi) is 11.0. The van der Waals surface area contributed by atoms with Crippen LogP contribution >= 0.6 is 11.6 Å². The van der Waals surface area contributed by atoms with Crippen molar-refractivity contribution in [3.8, 4) is 5.75 Å². The molecule has 0 aliphatic carbocycles. The fraction of sp³-hybridized carbons (Fsp3) is 0.333. The molecule has 0 aliphatic rings. The van der Waals surface area contributed by atoms with E-state index in [0.717, 1.165) is 21.7 Å². The molecule has 0 bridgehead atoms. The topological polar surface area (TPSA) is 96.0 Å². The summed E-state index contributed by atoms with van der Waals surface area (Å²) >= 11 is 6.33. The van der Waals surface area contributed by atoms with Crippen molar-refractivity contribution < 1.29 is 22.7 Å². The number of methoxy groups -OCH3 is 1. The fourth-order valence-corrected chi connectivity index (χ4v) is 5.34. The van der Waals surface area contributed by atoms with Crippen LogP contribution in [0.5, 0.6) is 5.75 Å². The van der Waals surface area contributed by atoms with Crippen LogP contribution in [0.4, 0.5) is 5.69 Å². The smallest absolute Gasteiger partial charge is 0.244 e. The molecule has 0 saturated carbocycles. The maximum Gasteiger partial charge on any atom is 0.244 e. The van der Waals surface area contributed by atoms with Gasteiger partial charge in [-0.25, -0.2) is 8.42 Å². The highest BCUT2D eigenvalue weighted by atomic mass is 35.5. The summed E-state index contributed by atoms with van der Waals surface area (Å²) in [5.74, 6) is -0.0707. The highest BCUT2D eigenvalue weighted by Crippen LogP contribution is 2.28. The van der Waals surface area contributed by atoms with Crippen LogP contribution in [0.25, 0.3) is 0 Å². The molecule has 1 atom stereocenters. The van der Waals surface area contributed by atoms with Gasteiger partial charge in [0.05, 0.1) is 24.1 Å². The van der Waals surface area contributed by atoms with E-state index in [4.69, 9.17) is 16.3 Å². The molecule has 214 valence electrons. The van der Waals surface area contributed by atoms with Crippen LogP contribution in [0.1, 0.15) is 25.0 Å². The minimum absolute atomic E-state index is 0.0583. The summed E-state index contributed by atoms with van der Waals surface area (Å²) in [6.45, 7) is 3.93. The molecule has 3 aromatic rings. The van der Waals surface area contributed by atoms with E-state index in [0.29, 0.717) is 12.3 Å². The van der Waals surface area contributed by atoms with Gasteiger partial charge in [0.25, 0.3) is 0 Å². The van der Waals surface area contributed by atoms with E-state index in [-0.39, 0.29) is 35.5 Å². The first-order valence-electron chi connectivity index (χ1n) is 13.0. The number of ether oxygens (including phenoxy) is 1. The van der Waals surface area contributed by atoms with Crippen LogP contribution in [-0.4, -0.2) is 57.6 Å². The third-order valence-corrected chi connectivity index (χ3v) is 7.69. The molecule has 40 heavy (non-hydrogen) atoms. The average Bonchev–Trinajstić information content (AvgIpc) is 2.92. The zero-order valence-electron chi connectivity index (χ0n) is 23.2. The molecule has 0 spiro atoms. The number of benzene rings is 3. The summed E-state index contributed by atoms with van der Waals surface area (Å²) in [5.41, 5.74) is 1.78. The van der Waals surface area contributed by atoms with Crippen LogP contribution in [0.15, 0.2) is 78.9 Å². The molecule has 0 radical (unpaired) electrons. The number of carbonyl (C=O) groups excluding carboxylic acids is 2. The lowest BCUT2D eigenvalue weighted by Crippen LogP contribution is -2.53. The van der Waals surface area contributed by atoms with Gasteiger partial charge >= 0.3 is 0 Å². The Morgan fingerprint density at radius 2 is 1.60 bits per heavy atom. The summed E-state index contributed by atoms with van der Waals surface area (Å²) in [7, 11) is -2.35. The highest BCUT2D eigenvalue weighted by Gasteiger charge is 2.33. The quantitative estimate of drug-likeness (QED) is 0.318. The SMILES string of the molecule is COc1cccc(CN(C(=O)CN(c2ccccc2Cl)S(C)(=O)=O)[C@H](Cc2ccccc2)C(=O)NCC(C)C)c1. The Morgan fingerprint density at radius 1 is 0.950 bits per heavy atom. The zero-order valence-corrected chi connectivity index (χ0v) is 24.8. The summed E-state index contributed by atoms with van der Waals surface area (Å²) < 4.78 is 32.0. The van der Waals surface area contributed by atoms with Crippen molar-refractivity contribution in [2.45, 2.75) is 32.9 Å². The van der Waals surface area contributed by atoms with Crippen molar-refractivity contribution in [1.82, 2.24) is 10.2 Å². The van der Waals surface area contributed by atoms with Gasteiger partial charge in [0, 0.05) is 19.5 Å². The molecule has 0 saturated heterocycles. The van der Waals surface area contributed by atoms with Gasteiger partial charge in [-0.15, -0.1) is 0 Å². The van der Waals surface area contributed by atoms with E-state index in [2.05, 4.69) is 5.32 Å². The van der Waals surface area contributed by atoms with Crippen LogP contribution in [0, 0.1) is 5.92 Å². The van der Waals surface area contributed by atoms with Gasteiger partial charge in [0.1, 0.15) is 18.3 Å². The minimum Gasteiger partial charge on any atom is -0.497 e. The van der Waals surface area contributed by atoms with E-state index >= 15 is 0 Å². The Hall–Kier alpha value is -3.56. The van der Waals surface area contributed by atoms with Crippen molar-refractivity contribution >= 4 is 39.1 Å².